The van der Waals surface area contributed by atoms with E-state index in [0.29, 0.717) is 6.54 Å². The van der Waals surface area contributed by atoms with E-state index in [1.165, 1.54) is 27.8 Å². The van der Waals surface area contributed by atoms with Crippen LogP contribution >= 0.6 is 0 Å². The van der Waals surface area contributed by atoms with E-state index in [0.717, 1.165) is 6.42 Å². The molecule has 0 aliphatic heterocycles. The molecule has 0 heterocycles. The molecule has 0 spiro atoms. The monoisotopic (exact) mass is 225 g/mol. The van der Waals surface area contributed by atoms with Crippen molar-refractivity contribution in [3.05, 3.63) is 70.3 Å². The van der Waals surface area contributed by atoms with Gasteiger partial charge in [0.2, 0.25) is 0 Å². The van der Waals surface area contributed by atoms with Crippen LogP contribution in [0.15, 0.2) is 42.5 Å². The molecule has 2 aromatic rings. The standard InChI is InChI=1S/C16H19N/c1-12-6-7-15(8-13(12)2)9-14-4-3-5-16(10-14)11-17/h3-8,10H,9,11,17H2,1-2H3. The summed E-state index contributed by atoms with van der Waals surface area (Å²) in [6.45, 7) is 4.92. The first-order valence-electron chi connectivity index (χ1n) is 6.03. The lowest BCUT2D eigenvalue weighted by Gasteiger charge is -2.07. The van der Waals surface area contributed by atoms with Gasteiger partial charge in [0.25, 0.3) is 0 Å². The van der Waals surface area contributed by atoms with Crippen molar-refractivity contribution in [2.75, 3.05) is 0 Å². The van der Waals surface area contributed by atoms with Gasteiger partial charge in [0.15, 0.2) is 0 Å². The van der Waals surface area contributed by atoms with Crippen molar-refractivity contribution in [1.82, 2.24) is 0 Å². The van der Waals surface area contributed by atoms with Crippen LogP contribution in [-0.4, -0.2) is 0 Å². The Balaban J connectivity index is 2.22. The molecule has 2 aromatic carbocycles. The lowest BCUT2D eigenvalue weighted by atomic mass is 9.99. The van der Waals surface area contributed by atoms with E-state index in [4.69, 9.17) is 5.73 Å². The summed E-state index contributed by atoms with van der Waals surface area (Å²) in [7, 11) is 0. The summed E-state index contributed by atoms with van der Waals surface area (Å²) in [6.07, 6.45) is 0.981. The summed E-state index contributed by atoms with van der Waals surface area (Å²) in [4.78, 5) is 0. The van der Waals surface area contributed by atoms with E-state index in [-0.39, 0.29) is 0 Å². The Kier molecular flexibility index (Phi) is 3.60. The molecule has 1 heteroatoms. The molecule has 0 amide bonds. The molecule has 1 nitrogen and oxygen atoms in total. The van der Waals surface area contributed by atoms with Crippen LogP contribution < -0.4 is 5.73 Å². The third-order valence-electron chi connectivity index (χ3n) is 3.21. The summed E-state index contributed by atoms with van der Waals surface area (Å²) in [5.41, 5.74) is 12.3. The van der Waals surface area contributed by atoms with Crippen molar-refractivity contribution < 1.29 is 0 Å². The number of hydrogen-bond acceptors (Lipinski definition) is 1. The van der Waals surface area contributed by atoms with Gasteiger partial charge in [0.05, 0.1) is 0 Å². The Morgan fingerprint density at radius 3 is 2.24 bits per heavy atom. The van der Waals surface area contributed by atoms with Crippen molar-refractivity contribution in [2.24, 2.45) is 5.73 Å². The van der Waals surface area contributed by atoms with Gasteiger partial charge >= 0.3 is 0 Å². The average molecular weight is 225 g/mol. The van der Waals surface area contributed by atoms with Crippen molar-refractivity contribution in [1.29, 1.82) is 0 Å². The van der Waals surface area contributed by atoms with Crippen LogP contribution in [0.4, 0.5) is 0 Å². The fourth-order valence-electron chi connectivity index (χ4n) is 2.02. The quantitative estimate of drug-likeness (QED) is 0.851. The van der Waals surface area contributed by atoms with Gasteiger partial charge in [0.1, 0.15) is 0 Å². The predicted molar refractivity (Wildman–Crippen MR) is 73.1 cm³/mol. The second-order valence-corrected chi connectivity index (χ2v) is 4.62. The van der Waals surface area contributed by atoms with Crippen molar-refractivity contribution in [3.8, 4) is 0 Å². The van der Waals surface area contributed by atoms with Crippen LogP contribution in [0.1, 0.15) is 27.8 Å². The maximum atomic E-state index is 5.66. The number of nitrogens with two attached hydrogens (primary N) is 1. The van der Waals surface area contributed by atoms with Gasteiger partial charge in [-0.25, -0.2) is 0 Å². The molecule has 0 saturated carbocycles. The number of benzene rings is 2. The first-order valence-corrected chi connectivity index (χ1v) is 6.03. The zero-order chi connectivity index (χ0) is 12.3. The van der Waals surface area contributed by atoms with E-state index in [9.17, 15) is 0 Å². The fraction of sp³-hybridized carbons (Fsp3) is 0.250. The minimum absolute atomic E-state index is 0.612. The van der Waals surface area contributed by atoms with Crippen LogP contribution in [-0.2, 0) is 13.0 Å². The highest BCUT2D eigenvalue weighted by Gasteiger charge is 1.99. The first-order chi connectivity index (χ1) is 8.19. The van der Waals surface area contributed by atoms with Gasteiger partial charge < -0.3 is 5.73 Å². The molecular weight excluding hydrogens is 206 g/mol. The van der Waals surface area contributed by atoms with E-state index in [2.05, 4.69) is 56.3 Å². The number of rotatable bonds is 3. The van der Waals surface area contributed by atoms with Gasteiger partial charge in [-0.05, 0) is 48.1 Å². The normalized spacial score (nSPS) is 10.5. The SMILES string of the molecule is Cc1ccc(Cc2cccc(CN)c2)cc1C. The smallest absolute Gasteiger partial charge is 0.0178 e. The zero-order valence-electron chi connectivity index (χ0n) is 10.5. The fourth-order valence-corrected chi connectivity index (χ4v) is 2.02. The average Bonchev–Trinajstić information content (AvgIpc) is 2.34. The van der Waals surface area contributed by atoms with Crippen LogP contribution in [0, 0.1) is 13.8 Å². The molecule has 0 bridgehead atoms. The molecule has 0 aromatic heterocycles. The highest BCUT2D eigenvalue weighted by molar-refractivity contribution is 5.34. The number of hydrogen-bond donors (Lipinski definition) is 1. The highest BCUT2D eigenvalue weighted by atomic mass is 14.5. The van der Waals surface area contributed by atoms with Gasteiger partial charge in [-0.15, -0.1) is 0 Å². The second-order valence-electron chi connectivity index (χ2n) is 4.62. The molecule has 17 heavy (non-hydrogen) atoms. The third kappa shape index (κ3) is 2.95. The lowest BCUT2D eigenvalue weighted by molar-refractivity contribution is 1.05. The van der Waals surface area contributed by atoms with E-state index >= 15 is 0 Å². The Bertz CT molecular complexity index is 515. The summed E-state index contributed by atoms with van der Waals surface area (Å²) in [5, 5.41) is 0. The highest BCUT2D eigenvalue weighted by Crippen LogP contribution is 2.15. The maximum Gasteiger partial charge on any atom is 0.0178 e. The third-order valence-corrected chi connectivity index (χ3v) is 3.21. The molecular formula is C16H19N. The zero-order valence-corrected chi connectivity index (χ0v) is 10.5. The Morgan fingerprint density at radius 1 is 0.824 bits per heavy atom. The van der Waals surface area contributed by atoms with E-state index < -0.39 is 0 Å². The van der Waals surface area contributed by atoms with Gasteiger partial charge in [-0.1, -0.05) is 42.5 Å². The predicted octanol–water partition coefficient (Wildman–Crippen LogP) is 3.35. The molecule has 88 valence electrons. The second kappa shape index (κ2) is 5.15. The lowest BCUT2D eigenvalue weighted by Crippen LogP contribution is -1.97. The molecule has 0 aliphatic carbocycles. The van der Waals surface area contributed by atoms with Gasteiger partial charge in [0, 0.05) is 6.54 Å². The molecule has 0 aliphatic rings. The number of aryl methyl sites for hydroxylation is 2. The summed E-state index contributed by atoms with van der Waals surface area (Å²) in [5.74, 6) is 0. The van der Waals surface area contributed by atoms with Gasteiger partial charge in [-0.3, -0.25) is 0 Å². The largest absolute Gasteiger partial charge is 0.326 e. The maximum absolute atomic E-state index is 5.66. The minimum atomic E-state index is 0.612. The first kappa shape index (κ1) is 11.9. The van der Waals surface area contributed by atoms with Crippen LogP contribution in [0.25, 0.3) is 0 Å². The minimum Gasteiger partial charge on any atom is -0.326 e. The molecule has 0 radical (unpaired) electrons. The Labute approximate surface area is 103 Å². The van der Waals surface area contributed by atoms with E-state index in [1.807, 2.05) is 0 Å². The molecule has 0 fully saturated rings. The molecule has 0 unspecified atom stereocenters. The molecule has 2 rings (SSSR count). The molecule has 2 N–H and O–H groups in total. The Hall–Kier alpha value is -1.60. The van der Waals surface area contributed by atoms with Crippen LogP contribution in [0.5, 0.6) is 0 Å². The van der Waals surface area contributed by atoms with Crippen LogP contribution in [0.2, 0.25) is 0 Å². The van der Waals surface area contributed by atoms with Crippen LogP contribution in [0.3, 0.4) is 0 Å². The summed E-state index contributed by atoms with van der Waals surface area (Å²) >= 11 is 0. The van der Waals surface area contributed by atoms with E-state index in [1.54, 1.807) is 0 Å². The van der Waals surface area contributed by atoms with Crippen molar-refractivity contribution in [2.45, 2.75) is 26.8 Å². The van der Waals surface area contributed by atoms with Crippen molar-refractivity contribution >= 4 is 0 Å². The molecule has 0 saturated heterocycles. The van der Waals surface area contributed by atoms with Gasteiger partial charge in [-0.2, -0.15) is 0 Å². The van der Waals surface area contributed by atoms with Crippen molar-refractivity contribution in [3.63, 3.8) is 0 Å². The molecule has 0 atom stereocenters. The Morgan fingerprint density at radius 2 is 1.53 bits per heavy atom. The summed E-state index contributed by atoms with van der Waals surface area (Å²) in [6, 6.07) is 15.2. The topological polar surface area (TPSA) is 26.0 Å². The summed E-state index contributed by atoms with van der Waals surface area (Å²) < 4.78 is 0.